The van der Waals surface area contributed by atoms with E-state index >= 15 is 0 Å². The highest BCUT2D eigenvalue weighted by molar-refractivity contribution is 7.99. The Morgan fingerprint density at radius 3 is 2.76 bits per heavy atom. The van der Waals surface area contributed by atoms with Crippen molar-refractivity contribution in [1.82, 2.24) is 4.90 Å². The molecule has 2 heterocycles. The Balaban J connectivity index is 2.04. The largest absolute Gasteiger partial charge is 0.381 e. The highest BCUT2D eigenvalue weighted by Gasteiger charge is 2.41. The molecule has 2 aliphatic rings. The number of nitrogens with two attached hydrogens (primary N) is 1. The number of thioether (sulfide) groups is 1. The van der Waals surface area contributed by atoms with Gasteiger partial charge in [0.2, 0.25) is 5.91 Å². The van der Waals surface area contributed by atoms with E-state index in [2.05, 4.69) is 0 Å². The van der Waals surface area contributed by atoms with E-state index < -0.39 is 0 Å². The van der Waals surface area contributed by atoms with Gasteiger partial charge in [-0.1, -0.05) is 0 Å². The van der Waals surface area contributed by atoms with Crippen LogP contribution in [0.3, 0.4) is 0 Å². The minimum atomic E-state index is -0.340. The fraction of sp³-hybridized carbons (Fsp3) is 0.917. The van der Waals surface area contributed by atoms with Crippen LogP contribution in [-0.2, 0) is 9.53 Å². The van der Waals surface area contributed by atoms with E-state index in [4.69, 9.17) is 10.5 Å². The number of hydrogen-bond acceptors (Lipinski definition) is 4. The monoisotopic (exact) mass is 258 g/mol. The van der Waals surface area contributed by atoms with Gasteiger partial charge in [-0.25, -0.2) is 0 Å². The average molecular weight is 258 g/mol. The maximum absolute atomic E-state index is 12.6. The van der Waals surface area contributed by atoms with E-state index in [1.165, 1.54) is 5.75 Å². The number of hydrogen-bond donors (Lipinski definition) is 1. The molecule has 2 aliphatic heterocycles. The molecule has 5 heteroatoms. The Kier molecular flexibility index (Phi) is 4.70. The van der Waals surface area contributed by atoms with Gasteiger partial charge < -0.3 is 15.4 Å². The molecule has 2 fully saturated rings. The van der Waals surface area contributed by atoms with E-state index in [1.54, 1.807) is 0 Å². The molecule has 17 heavy (non-hydrogen) atoms. The molecule has 0 aromatic rings. The van der Waals surface area contributed by atoms with Crippen molar-refractivity contribution in [2.45, 2.75) is 19.3 Å². The molecule has 0 aliphatic carbocycles. The molecule has 98 valence electrons. The lowest BCUT2D eigenvalue weighted by molar-refractivity contribution is -0.146. The molecule has 0 aromatic carbocycles. The van der Waals surface area contributed by atoms with Crippen LogP contribution in [0.4, 0.5) is 0 Å². The van der Waals surface area contributed by atoms with Crippen LogP contribution in [0.15, 0.2) is 0 Å². The van der Waals surface area contributed by atoms with Crippen LogP contribution in [-0.4, -0.2) is 55.2 Å². The van der Waals surface area contributed by atoms with Gasteiger partial charge in [0, 0.05) is 38.6 Å². The maximum Gasteiger partial charge on any atom is 0.230 e. The summed E-state index contributed by atoms with van der Waals surface area (Å²) < 4.78 is 5.36. The van der Waals surface area contributed by atoms with Crippen molar-refractivity contribution in [1.29, 1.82) is 0 Å². The first-order chi connectivity index (χ1) is 8.28. The summed E-state index contributed by atoms with van der Waals surface area (Å²) in [6.45, 7) is 3.58. The summed E-state index contributed by atoms with van der Waals surface area (Å²) in [5.74, 6) is 2.50. The van der Waals surface area contributed by atoms with Gasteiger partial charge in [0.05, 0.1) is 5.41 Å². The summed E-state index contributed by atoms with van der Waals surface area (Å²) in [6.07, 6.45) is 2.67. The molecule has 0 saturated carbocycles. The Hall–Kier alpha value is -0.260. The maximum atomic E-state index is 12.6. The summed E-state index contributed by atoms with van der Waals surface area (Å²) in [5.41, 5.74) is 5.54. The van der Waals surface area contributed by atoms with Gasteiger partial charge in [-0.05, 0) is 25.0 Å². The molecular weight excluding hydrogens is 236 g/mol. The number of rotatable bonds is 2. The van der Waals surface area contributed by atoms with Gasteiger partial charge in [-0.2, -0.15) is 11.8 Å². The lowest BCUT2D eigenvalue weighted by atomic mass is 9.79. The fourth-order valence-corrected chi connectivity index (χ4v) is 3.44. The number of ether oxygens (including phenoxy) is 1. The third-order valence-electron chi connectivity index (χ3n) is 3.80. The molecule has 0 spiro atoms. The second-order valence-electron chi connectivity index (χ2n) is 4.85. The first kappa shape index (κ1) is 13.2. The molecule has 4 nitrogen and oxygen atoms in total. The van der Waals surface area contributed by atoms with Crippen LogP contribution in [0.2, 0.25) is 0 Å². The second kappa shape index (κ2) is 6.07. The topological polar surface area (TPSA) is 55.6 Å². The van der Waals surface area contributed by atoms with Gasteiger partial charge in [0.25, 0.3) is 0 Å². The zero-order chi connectivity index (χ0) is 12.1. The van der Waals surface area contributed by atoms with Crippen LogP contribution in [0, 0.1) is 5.41 Å². The molecule has 2 N–H and O–H groups in total. The summed E-state index contributed by atoms with van der Waals surface area (Å²) >= 11 is 1.94. The van der Waals surface area contributed by atoms with Crippen molar-refractivity contribution in [3.8, 4) is 0 Å². The van der Waals surface area contributed by atoms with Crippen LogP contribution in [0.1, 0.15) is 19.3 Å². The fourth-order valence-electron chi connectivity index (χ4n) is 2.55. The smallest absolute Gasteiger partial charge is 0.230 e. The molecule has 0 radical (unpaired) electrons. The highest BCUT2D eigenvalue weighted by Crippen LogP contribution is 2.32. The second-order valence-corrected chi connectivity index (χ2v) is 6.08. The van der Waals surface area contributed by atoms with Gasteiger partial charge in [0.15, 0.2) is 0 Å². The molecule has 2 rings (SSSR count). The summed E-state index contributed by atoms with van der Waals surface area (Å²) in [7, 11) is 0. The average Bonchev–Trinajstić information content (AvgIpc) is 2.67. The minimum absolute atomic E-state index is 0.269. The molecule has 0 atom stereocenters. The first-order valence-electron chi connectivity index (χ1n) is 6.43. The van der Waals surface area contributed by atoms with Crippen LogP contribution in [0.25, 0.3) is 0 Å². The number of nitrogens with zero attached hydrogens (tertiary/aromatic N) is 1. The predicted octanol–water partition coefficient (Wildman–Crippen LogP) is 0.707. The summed E-state index contributed by atoms with van der Waals surface area (Å²) in [4.78, 5) is 14.7. The molecular formula is C12H22N2O2S. The van der Waals surface area contributed by atoms with Gasteiger partial charge >= 0.3 is 0 Å². The van der Waals surface area contributed by atoms with Crippen molar-refractivity contribution >= 4 is 17.7 Å². The normalized spacial score (nSPS) is 25.4. The lowest BCUT2D eigenvalue weighted by Crippen LogP contribution is -2.51. The highest BCUT2D eigenvalue weighted by atomic mass is 32.2. The number of carbonyl (C=O) groups excluding carboxylic acids is 1. The predicted molar refractivity (Wildman–Crippen MR) is 70.1 cm³/mol. The lowest BCUT2D eigenvalue weighted by Gasteiger charge is -2.38. The van der Waals surface area contributed by atoms with E-state index in [-0.39, 0.29) is 11.3 Å². The molecule has 2 saturated heterocycles. The zero-order valence-corrected chi connectivity index (χ0v) is 11.1. The van der Waals surface area contributed by atoms with Crippen LogP contribution < -0.4 is 5.73 Å². The van der Waals surface area contributed by atoms with Crippen LogP contribution in [0.5, 0.6) is 0 Å². The Morgan fingerprint density at radius 1 is 1.29 bits per heavy atom. The van der Waals surface area contributed by atoms with Crippen molar-refractivity contribution in [3.63, 3.8) is 0 Å². The Bertz CT molecular complexity index is 259. The van der Waals surface area contributed by atoms with E-state index in [0.29, 0.717) is 19.8 Å². The summed E-state index contributed by atoms with van der Waals surface area (Å²) in [5, 5.41) is 0. The number of carbonyl (C=O) groups is 1. The Labute approximate surface area is 107 Å². The Morgan fingerprint density at radius 2 is 2.06 bits per heavy atom. The van der Waals surface area contributed by atoms with Crippen molar-refractivity contribution in [2.24, 2.45) is 11.1 Å². The third kappa shape index (κ3) is 2.95. The van der Waals surface area contributed by atoms with Crippen LogP contribution >= 0.6 is 11.8 Å². The van der Waals surface area contributed by atoms with Gasteiger partial charge in [-0.15, -0.1) is 0 Å². The van der Waals surface area contributed by atoms with Gasteiger partial charge in [-0.3, -0.25) is 4.79 Å². The third-order valence-corrected chi connectivity index (χ3v) is 4.85. The summed E-state index contributed by atoms with van der Waals surface area (Å²) in [6, 6.07) is 0. The SMILES string of the molecule is NCC1(C(=O)N2CCCSCC2)CCOCC1. The van der Waals surface area contributed by atoms with Crippen molar-refractivity contribution in [2.75, 3.05) is 44.4 Å². The quantitative estimate of drug-likeness (QED) is 0.792. The minimum Gasteiger partial charge on any atom is -0.381 e. The van der Waals surface area contributed by atoms with Gasteiger partial charge in [0.1, 0.15) is 0 Å². The number of amides is 1. The molecule has 0 aromatic heterocycles. The standard InChI is InChI=1S/C12H22N2O2S/c13-10-12(2-6-16-7-3-12)11(15)14-4-1-8-17-9-5-14/h1-10,13H2. The molecule has 0 unspecified atom stereocenters. The van der Waals surface area contributed by atoms with E-state index in [0.717, 1.165) is 38.1 Å². The van der Waals surface area contributed by atoms with Crippen molar-refractivity contribution < 1.29 is 9.53 Å². The van der Waals surface area contributed by atoms with Crippen molar-refractivity contribution in [3.05, 3.63) is 0 Å². The van der Waals surface area contributed by atoms with E-state index in [1.807, 2.05) is 16.7 Å². The zero-order valence-electron chi connectivity index (χ0n) is 10.3. The van der Waals surface area contributed by atoms with E-state index in [9.17, 15) is 4.79 Å². The molecule has 1 amide bonds. The first-order valence-corrected chi connectivity index (χ1v) is 7.59. The molecule has 0 bridgehead atoms.